The Kier molecular flexibility index (Phi) is 6.65. The molecule has 2 aromatic carbocycles. The van der Waals surface area contributed by atoms with Crippen molar-refractivity contribution in [3.63, 3.8) is 0 Å². The summed E-state index contributed by atoms with van der Waals surface area (Å²) in [7, 11) is 0. The van der Waals surface area contributed by atoms with Crippen LogP contribution in [0.4, 0.5) is 10.1 Å². The van der Waals surface area contributed by atoms with Gasteiger partial charge in [-0.1, -0.05) is 56.9 Å². The van der Waals surface area contributed by atoms with Gasteiger partial charge in [0.1, 0.15) is 17.1 Å². The number of amides is 2. The van der Waals surface area contributed by atoms with Gasteiger partial charge in [-0.15, -0.1) is 0 Å². The largest absolute Gasteiger partial charge is 0.351 e. The summed E-state index contributed by atoms with van der Waals surface area (Å²) in [5, 5.41) is 7.97. The Morgan fingerprint density at radius 3 is 2.36 bits per heavy atom. The minimum absolute atomic E-state index is 0.0913. The monoisotopic (exact) mass is 488 g/mol. The third-order valence-corrected chi connectivity index (χ3v) is 7.58. The summed E-state index contributed by atoms with van der Waals surface area (Å²) >= 11 is 0. The molecule has 1 aliphatic carbocycles. The molecule has 1 aliphatic heterocycles. The van der Waals surface area contributed by atoms with E-state index in [1.807, 2.05) is 12.1 Å². The number of halogens is 1. The van der Waals surface area contributed by atoms with Crippen molar-refractivity contribution in [3.05, 3.63) is 71.7 Å². The normalized spacial score (nSPS) is 20.6. The maximum atomic E-state index is 13.9. The van der Waals surface area contributed by atoms with Crippen molar-refractivity contribution >= 4 is 17.5 Å². The molecule has 2 aliphatic rings. The van der Waals surface area contributed by atoms with Gasteiger partial charge in [0.2, 0.25) is 5.91 Å². The molecule has 1 N–H and O–H groups in total. The number of anilines is 1. The Morgan fingerprint density at radius 1 is 1.06 bits per heavy atom. The standard InChI is InChI=1S/C29H33FN4O2/c1-3-20-10-12-21(13-11-20)25-18-26-27(35)34(24-16-14-22(30)15-17-24)29(2,19-33(26)32-25)28(36)31-23-8-6-4-5-7-9-23/h10-18,23H,3-9,19H2,1-2H3,(H,31,36). The highest BCUT2D eigenvalue weighted by Gasteiger charge is 2.49. The van der Waals surface area contributed by atoms with Crippen molar-refractivity contribution in [2.24, 2.45) is 0 Å². The van der Waals surface area contributed by atoms with Gasteiger partial charge in [0.05, 0.1) is 12.2 Å². The summed E-state index contributed by atoms with van der Waals surface area (Å²) < 4.78 is 15.4. The van der Waals surface area contributed by atoms with Crippen LogP contribution in [0.1, 0.15) is 68.4 Å². The number of fused-ring (bicyclic) bond motifs is 1. The molecule has 2 amide bonds. The molecule has 1 fully saturated rings. The van der Waals surface area contributed by atoms with Crippen LogP contribution in [0.15, 0.2) is 54.6 Å². The lowest BCUT2D eigenvalue weighted by molar-refractivity contribution is -0.127. The van der Waals surface area contributed by atoms with Crippen LogP contribution >= 0.6 is 0 Å². The number of hydrogen-bond donors (Lipinski definition) is 1. The number of benzene rings is 2. The molecule has 36 heavy (non-hydrogen) atoms. The van der Waals surface area contributed by atoms with Gasteiger partial charge in [-0.25, -0.2) is 4.39 Å². The minimum Gasteiger partial charge on any atom is -0.351 e. The number of carbonyl (C=O) groups excluding carboxylic acids is 2. The van der Waals surface area contributed by atoms with E-state index in [9.17, 15) is 14.0 Å². The molecule has 0 radical (unpaired) electrons. The fraction of sp³-hybridized carbons (Fsp3) is 0.414. The van der Waals surface area contributed by atoms with Gasteiger partial charge in [0.25, 0.3) is 5.91 Å². The zero-order valence-electron chi connectivity index (χ0n) is 21.0. The lowest BCUT2D eigenvalue weighted by atomic mass is 9.93. The molecule has 6 nitrogen and oxygen atoms in total. The molecule has 1 aromatic heterocycles. The van der Waals surface area contributed by atoms with E-state index < -0.39 is 11.4 Å². The summed E-state index contributed by atoms with van der Waals surface area (Å²) in [5.74, 6) is -0.923. The zero-order valence-corrected chi connectivity index (χ0v) is 21.0. The van der Waals surface area contributed by atoms with Crippen LogP contribution in [0.5, 0.6) is 0 Å². The number of nitrogens with zero attached hydrogens (tertiary/aromatic N) is 3. The van der Waals surface area contributed by atoms with Crippen LogP contribution < -0.4 is 10.2 Å². The van der Waals surface area contributed by atoms with Crippen molar-refractivity contribution < 1.29 is 14.0 Å². The number of carbonyl (C=O) groups is 2. The molecule has 0 spiro atoms. The predicted molar refractivity (Wildman–Crippen MR) is 138 cm³/mol. The highest BCUT2D eigenvalue weighted by atomic mass is 19.1. The number of aromatic nitrogens is 2. The summed E-state index contributed by atoms with van der Waals surface area (Å²) in [6.45, 7) is 4.09. The number of nitrogens with one attached hydrogen (secondary N) is 1. The van der Waals surface area contributed by atoms with Gasteiger partial charge >= 0.3 is 0 Å². The fourth-order valence-electron chi connectivity index (χ4n) is 5.39. The SMILES string of the molecule is CCc1ccc(-c2cc3n(n2)CC(C)(C(=O)NC2CCCCCC2)N(c2ccc(F)cc2)C3=O)cc1. The van der Waals surface area contributed by atoms with Crippen molar-refractivity contribution in [2.75, 3.05) is 4.90 Å². The van der Waals surface area contributed by atoms with Crippen LogP contribution in [0.2, 0.25) is 0 Å². The maximum Gasteiger partial charge on any atom is 0.277 e. The molecule has 7 heteroatoms. The second-order valence-corrected chi connectivity index (χ2v) is 10.2. The second kappa shape index (κ2) is 9.88. The molecular weight excluding hydrogens is 455 g/mol. The third kappa shape index (κ3) is 4.54. The van der Waals surface area contributed by atoms with Crippen LogP contribution in [-0.2, 0) is 17.8 Å². The summed E-state index contributed by atoms with van der Waals surface area (Å²) in [5.41, 5.74) is 2.51. The summed E-state index contributed by atoms with van der Waals surface area (Å²) in [4.78, 5) is 29.3. The molecule has 1 unspecified atom stereocenters. The molecule has 1 saturated carbocycles. The van der Waals surface area contributed by atoms with E-state index in [-0.39, 0.29) is 24.4 Å². The summed E-state index contributed by atoms with van der Waals surface area (Å²) in [6, 6.07) is 15.8. The minimum atomic E-state index is -1.22. The Bertz CT molecular complexity index is 1240. The molecule has 0 bridgehead atoms. The van der Waals surface area contributed by atoms with Gasteiger partial charge in [0, 0.05) is 17.3 Å². The number of rotatable bonds is 5. The van der Waals surface area contributed by atoms with Gasteiger partial charge in [-0.3, -0.25) is 19.2 Å². The van der Waals surface area contributed by atoms with E-state index in [1.165, 1.54) is 35.4 Å². The summed E-state index contributed by atoms with van der Waals surface area (Å²) in [6.07, 6.45) is 7.37. The Morgan fingerprint density at radius 2 is 1.72 bits per heavy atom. The smallest absolute Gasteiger partial charge is 0.277 e. The third-order valence-electron chi connectivity index (χ3n) is 7.58. The molecular formula is C29H33FN4O2. The Hall–Kier alpha value is -3.48. The van der Waals surface area contributed by atoms with Gasteiger partial charge in [0.15, 0.2) is 0 Å². The van der Waals surface area contributed by atoms with E-state index in [0.717, 1.165) is 37.7 Å². The number of aryl methyl sites for hydroxylation is 1. The average Bonchev–Trinajstić information content (AvgIpc) is 3.13. The fourth-order valence-corrected chi connectivity index (χ4v) is 5.39. The zero-order chi connectivity index (χ0) is 25.3. The first-order valence-electron chi connectivity index (χ1n) is 13.0. The highest BCUT2D eigenvalue weighted by Crippen LogP contribution is 2.35. The Balaban J connectivity index is 1.53. The van der Waals surface area contributed by atoms with Crippen molar-refractivity contribution in [1.29, 1.82) is 0 Å². The van der Waals surface area contributed by atoms with Crippen molar-refractivity contribution in [2.45, 2.75) is 76.9 Å². The molecule has 1 atom stereocenters. The van der Waals surface area contributed by atoms with Gasteiger partial charge in [-0.2, -0.15) is 5.10 Å². The van der Waals surface area contributed by atoms with E-state index in [2.05, 4.69) is 24.4 Å². The second-order valence-electron chi connectivity index (χ2n) is 10.2. The molecule has 2 heterocycles. The first kappa shape index (κ1) is 24.2. The van der Waals surface area contributed by atoms with Crippen molar-refractivity contribution in [1.82, 2.24) is 15.1 Å². The lowest BCUT2D eigenvalue weighted by Gasteiger charge is -2.43. The van der Waals surface area contributed by atoms with Gasteiger partial charge in [-0.05, 0) is 62.1 Å². The predicted octanol–water partition coefficient (Wildman–Crippen LogP) is 5.51. The molecule has 5 rings (SSSR count). The van der Waals surface area contributed by atoms with E-state index >= 15 is 0 Å². The first-order chi connectivity index (χ1) is 17.4. The molecule has 0 saturated heterocycles. The van der Waals surface area contributed by atoms with E-state index in [4.69, 9.17) is 5.10 Å². The van der Waals surface area contributed by atoms with Crippen LogP contribution in [0.25, 0.3) is 11.3 Å². The van der Waals surface area contributed by atoms with Gasteiger partial charge < -0.3 is 5.32 Å². The molecule has 3 aromatic rings. The quantitative estimate of drug-likeness (QED) is 0.482. The topological polar surface area (TPSA) is 67.2 Å². The number of hydrogen-bond acceptors (Lipinski definition) is 3. The Labute approximate surface area is 211 Å². The average molecular weight is 489 g/mol. The van der Waals surface area contributed by atoms with Crippen molar-refractivity contribution in [3.8, 4) is 11.3 Å². The van der Waals surface area contributed by atoms with Crippen LogP contribution in [0.3, 0.4) is 0 Å². The van der Waals surface area contributed by atoms with E-state index in [0.29, 0.717) is 17.1 Å². The molecule has 188 valence electrons. The lowest BCUT2D eigenvalue weighted by Crippen LogP contribution is -2.65. The van der Waals surface area contributed by atoms with E-state index in [1.54, 1.807) is 29.8 Å². The van der Waals surface area contributed by atoms with Crippen LogP contribution in [-0.4, -0.2) is 33.2 Å². The maximum absolute atomic E-state index is 13.9. The van der Waals surface area contributed by atoms with Crippen LogP contribution in [0, 0.1) is 5.82 Å². The first-order valence-corrected chi connectivity index (χ1v) is 13.0. The highest BCUT2D eigenvalue weighted by molar-refractivity contribution is 6.12.